The predicted octanol–water partition coefficient (Wildman–Crippen LogP) is -2.20. The summed E-state index contributed by atoms with van der Waals surface area (Å²) in [6.07, 6.45) is -16.8. The van der Waals surface area contributed by atoms with E-state index in [-0.39, 0.29) is 28.4 Å². The lowest BCUT2D eigenvalue weighted by molar-refractivity contribution is -0.278. The maximum absolute atomic E-state index is 13.8. The lowest BCUT2D eigenvalue weighted by Gasteiger charge is -2.39. The van der Waals surface area contributed by atoms with Crippen LogP contribution in [0.1, 0.15) is 6.92 Å². The molecule has 10 atom stereocenters. The minimum atomic E-state index is -1.92. The van der Waals surface area contributed by atoms with Crippen molar-refractivity contribution in [2.45, 2.75) is 68.3 Å². The molecule has 0 saturated carbocycles. The van der Waals surface area contributed by atoms with Gasteiger partial charge in [0.05, 0.1) is 6.61 Å². The van der Waals surface area contributed by atoms with E-state index < -0.39 is 103 Å². The number of fused-ring (bicyclic) bond motifs is 1. The maximum Gasteiger partial charge on any atom is 0.302 e. The molecule has 5 rings (SSSR count). The van der Waals surface area contributed by atoms with Crippen LogP contribution in [0.5, 0.6) is 23.0 Å². The third-order valence-electron chi connectivity index (χ3n) is 7.49. The summed E-state index contributed by atoms with van der Waals surface area (Å²) in [5.41, 5.74) is -1.16. The van der Waals surface area contributed by atoms with Crippen molar-refractivity contribution in [2.75, 3.05) is 13.2 Å². The van der Waals surface area contributed by atoms with Crippen molar-refractivity contribution in [3.63, 3.8) is 0 Å². The van der Waals surface area contributed by atoms with Crippen LogP contribution in [0.3, 0.4) is 0 Å². The van der Waals surface area contributed by atoms with Crippen LogP contribution in [0.2, 0.25) is 0 Å². The number of hydrogen-bond donors (Lipinski definition) is 9. The molecule has 0 spiro atoms. The Bertz CT molecular complexity index is 1600. The fourth-order valence-electron chi connectivity index (χ4n) is 5.00. The topological polar surface area (TPSA) is 275 Å². The highest BCUT2D eigenvalue weighted by Crippen LogP contribution is 2.38. The monoisotopic (exact) mass is 652 g/mol. The third-order valence-corrected chi connectivity index (χ3v) is 7.49. The second-order valence-electron chi connectivity index (χ2n) is 10.7. The van der Waals surface area contributed by atoms with Gasteiger partial charge in [0.25, 0.3) is 0 Å². The molecule has 0 amide bonds. The normalized spacial score (nSPS) is 31.4. The summed E-state index contributed by atoms with van der Waals surface area (Å²) in [5.74, 6) is -2.76. The number of phenolic OH excluding ortho intramolecular Hbond substituents is 2. The fraction of sp³-hybridized carbons (Fsp3) is 0.448. The first-order valence-corrected chi connectivity index (χ1v) is 13.9. The molecule has 2 saturated heterocycles. The number of esters is 1. The van der Waals surface area contributed by atoms with Crippen LogP contribution in [-0.2, 0) is 19.0 Å². The number of aliphatic hydroxyl groups is 7. The number of aliphatic hydroxyl groups excluding tert-OH is 7. The van der Waals surface area contributed by atoms with Gasteiger partial charge in [-0.05, 0) is 24.3 Å². The highest BCUT2D eigenvalue weighted by molar-refractivity contribution is 5.88. The van der Waals surface area contributed by atoms with E-state index in [2.05, 4.69) is 0 Å². The summed E-state index contributed by atoms with van der Waals surface area (Å²) in [6.45, 7) is -0.151. The number of rotatable bonds is 8. The molecule has 2 aliphatic rings. The Morgan fingerprint density at radius 1 is 0.804 bits per heavy atom. The van der Waals surface area contributed by atoms with Crippen LogP contribution in [0, 0.1) is 0 Å². The first-order valence-electron chi connectivity index (χ1n) is 13.9. The average molecular weight is 653 g/mol. The van der Waals surface area contributed by atoms with E-state index in [1.165, 1.54) is 24.3 Å². The summed E-state index contributed by atoms with van der Waals surface area (Å²) in [6, 6.07) is 7.31. The Morgan fingerprint density at radius 3 is 2.00 bits per heavy atom. The zero-order valence-electron chi connectivity index (χ0n) is 23.9. The van der Waals surface area contributed by atoms with Gasteiger partial charge in [-0.2, -0.15) is 0 Å². The predicted molar refractivity (Wildman–Crippen MR) is 150 cm³/mol. The van der Waals surface area contributed by atoms with Crippen LogP contribution < -0.4 is 14.9 Å². The number of carbonyl (C=O) groups excluding carboxylic acids is 1. The van der Waals surface area contributed by atoms with E-state index in [4.69, 9.17) is 28.1 Å². The van der Waals surface area contributed by atoms with Crippen molar-refractivity contribution in [3.05, 3.63) is 46.6 Å². The number of hydrogen-bond acceptors (Lipinski definition) is 17. The van der Waals surface area contributed by atoms with Crippen LogP contribution >= 0.6 is 0 Å². The molecule has 1 aromatic heterocycles. The molecule has 2 aliphatic heterocycles. The molecule has 0 radical (unpaired) electrons. The summed E-state index contributed by atoms with van der Waals surface area (Å²) in [4.78, 5) is 25.1. The van der Waals surface area contributed by atoms with Crippen molar-refractivity contribution in [3.8, 4) is 34.3 Å². The highest BCUT2D eigenvalue weighted by Gasteiger charge is 2.47. The summed E-state index contributed by atoms with van der Waals surface area (Å²) in [5, 5.41) is 91.5. The molecule has 3 heterocycles. The molecular formula is C29H32O17. The zero-order chi connectivity index (χ0) is 33.4. The summed E-state index contributed by atoms with van der Waals surface area (Å²) in [7, 11) is 0. The second kappa shape index (κ2) is 13.4. The van der Waals surface area contributed by atoms with Gasteiger partial charge in [-0.15, -0.1) is 0 Å². The van der Waals surface area contributed by atoms with Gasteiger partial charge in [-0.25, -0.2) is 0 Å². The number of benzene rings is 2. The van der Waals surface area contributed by atoms with Gasteiger partial charge in [-0.1, -0.05) is 0 Å². The molecule has 0 bridgehead atoms. The smallest absolute Gasteiger partial charge is 0.302 e. The van der Waals surface area contributed by atoms with E-state index in [1.807, 2.05) is 0 Å². The van der Waals surface area contributed by atoms with Crippen LogP contribution in [-0.4, -0.2) is 127 Å². The Kier molecular flexibility index (Phi) is 9.68. The quantitative estimate of drug-likeness (QED) is 0.117. The Morgan fingerprint density at radius 2 is 1.39 bits per heavy atom. The van der Waals surface area contributed by atoms with Crippen molar-refractivity contribution in [1.29, 1.82) is 0 Å². The van der Waals surface area contributed by atoms with Gasteiger partial charge in [0, 0.05) is 24.6 Å². The van der Waals surface area contributed by atoms with E-state index >= 15 is 0 Å². The highest BCUT2D eigenvalue weighted by atomic mass is 16.7. The molecule has 250 valence electrons. The van der Waals surface area contributed by atoms with E-state index in [0.29, 0.717) is 0 Å². The van der Waals surface area contributed by atoms with Gasteiger partial charge in [0.15, 0.2) is 5.76 Å². The van der Waals surface area contributed by atoms with Gasteiger partial charge >= 0.3 is 5.97 Å². The number of ether oxygens (including phenoxy) is 5. The molecule has 2 aromatic carbocycles. The van der Waals surface area contributed by atoms with Crippen LogP contribution in [0.25, 0.3) is 22.3 Å². The lowest BCUT2D eigenvalue weighted by atomic mass is 9.99. The molecular weight excluding hydrogens is 620 g/mol. The van der Waals surface area contributed by atoms with Gasteiger partial charge < -0.3 is 74.1 Å². The Labute approximate surface area is 258 Å². The van der Waals surface area contributed by atoms with E-state index in [9.17, 15) is 55.5 Å². The molecule has 46 heavy (non-hydrogen) atoms. The lowest BCUT2D eigenvalue weighted by Crippen LogP contribution is -2.60. The molecule has 17 nitrogen and oxygen atoms in total. The van der Waals surface area contributed by atoms with Crippen LogP contribution in [0.4, 0.5) is 0 Å². The van der Waals surface area contributed by atoms with Crippen molar-refractivity contribution < 1.29 is 78.9 Å². The fourth-order valence-corrected chi connectivity index (χ4v) is 5.00. The summed E-state index contributed by atoms with van der Waals surface area (Å²) < 4.78 is 33.0. The number of carbonyl (C=O) groups is 1. The zero-order valence-corrected chi connectivity index (χ0v) is 23.9. The minimum Gasteiger partial charge on any atom is -0.508 e. The third kappa shape index (κ3) is 6.45. The average Bonchev–Trinajstić information content (AvgIpc) is 3.02. The summed E-state index contributed by atoms with van der Waals surface area (Å²) >= 11 is 0. The molecule has 9 N–H and O–H groups in total. The van der Waals surface area contributed by atoms with Crippen molar-refractivity contribution in [2.24, 2.45) is 0 Å². The van der Waals surface area contributed by atoms with Crippen molar-refractivity contribution >= 4 is 16.9 Å². The standard InChI is InChI=1S/C29H32O17/c1-10(31)41-9-17-20(35)23(38)25(40)29(45-17)46-27-21(36)18-14(33)6-13(42-28-24(39)22(37)19(34)16(8-30)44-28)7-15(18)43-26(27)11-2-4-12(32)5-3-11/h2-7,16-17,19-20,22-25,28-30,32-35,37-40H,8-9H2,1H3. The molecule has 0 aliphatic carbocycles. The molecule has 17 heteroatoms. The maximum atomic E-state index is 13.8. The van der Waals surface area contributed by atoms with Gasteiger partial charge in [0.2, 0.25) is 23.8 Å². The first-order chi connectivity index (χ1) is 21.8. The van der Waals surface area contributed by atoms with Crippen molar-refractivity contribution in [1.82, 2.24) is 0 Å². The van der Waals surface area contributed by atoms with Gasteiger partial charge in [0.1, 0.15) is 83.7 Å². The number of phenols is 2. The molecule has 10 unspecified atom stereocenters. The second-order valence-corrected chi connectivity index (χ2v) is 10.7. The largest absolute Gasteiger partial charge is 0.508 e. The number of aromatic hydroxyl groups is 2. The molecule has 2 fully saturated rings. The van der Waals surface area contributed by atoms with Gasteiger partial charge in [-0.3, -0.25) is 9.59 Å². The first kappa shape index (κ1) is 33.3. The molecule has 3 aromatic rings. The van der Waals surface area contributed by atoms with E-state index in [1.54, 1.807) is 0 Å². The Balaban J connectivity index is 1.55. The Hall–Kier alpha value is -4.04. The van der Waals surface area contributed by atoms with Crippen LogP contribution in [0.15, 0.2) is 45.6 Å². The van der Waals surface area contributed by atoms with E-state index in [0.717, 1.165) is 19.1 Å². The minimum absolute atomic E-state index is 0.140. The SMILES string of the molecule is CC(=O)OCC1OC(Oc2c(-c3ccc(O)cc3)oc3cc(OC4OC(CO)C(O)C(O)C4O)cc(O)c3c2=O)C(O)C(O)C1O.